The molecule has 1 aliphatic rings. The van der Waals surface area contributed by atoms with Crippen molar-refractivity contribution >= 4 is 18.0 Å². The first kappa shape index (κ1) is 30.1. The maximum atomic E-state index is 13.1. The van der Waals surface area contributed by atoms with Gasteiger partial charge in [-0.2, -0.15) is 0 Å². The maximum Gasteiger partial charge on any atom is 0.508 e. The zero-order valence-electron chi connectivity index (χ0n) is 23.5. The van der Waals surface area contributed by atoms with Crippen molar-refractivity contribution in [3.63, 3.8) is 0 Å². The van der Waals surface area contributed by atoms with E-state index in [1.54, 1.807) is 11.8 Å². The lowest BCUT2D eigenvalue weighted by atomic mass is 9.98. The molecular weight excluding hydrogens is 500 g/mol. The van der Waals surface area contributed by atoms with Crippen LogP contribution < -0.4 is 5.32 Å². The van der Waals surface area contributed by atoms with Gasteiger partial charge in [-0.3, -0.25) is 9.59 Å². The van der Waals surface area contributed by atoms with Crippen LogP contribution in [0.5, 0.6) is 0 Å². The molecule has 9 heteroatoms. The fourth-order valence-electron chi connectivity index (χ4n) is 4.69. The minimum atomic E-state index is -0.835. The Kier molecular flexibility index (Phi) is 11.3. The van der Waals surface area contributed by atoms with E-state index in [0.29, 0.717) is 6.54 Å². The van der Waals surface area contributed by atoms with Crippen LogP contribution in [0.2, 0.25) is 0 Å². The largest absolute Gasteiger partial charge is 0.508 e. The second kappa shape index (κ2) is 14.6. The molecular formula is C30H40N2O7. The van der Waals surface area contributed by atoms with Gasteiger partial charge in [0.25, 0.3) is 0 Å². The zero-order valence-corrected chi connectivity index (χ0v) is 23.5. The first-order valence-electron chi connectivity index (χ1n) is 13.4. The lowest BCUT2D eigenvalue weighted by Gasteiger charge is -2.30. The first-order valence-corrected chi connectivity index (χ1v) is 13.4. The number of nitrogens with zero attached hydrogens (tertiary/aromatic N) is 1. The van der Waals surface area contributed by atoms with E-state index >= 15 is 0 Å². The molecule has 1 N–H and O–H groups in total. The topological polar surface area (TPSA) is 103 Å². The molecule has 2 aromatic rings. The molecule has 1 aliphatic carbocycles. The van der Waals surface area contributed by atoms with Crippen molar-refractivity contribution in [3.8, 4) is 11.1 Å². The fraction of sp³-hybridized carbons (Fsp3) is 0.500. The summed E-state index contributed by atoms with van der Waals surface area (Å²) >= 11 is 0. The van der Waals surface area contributed by atoms with Crippen LogP contribution in [-0.4, -0.2) is 75.7 Å². The van der Waals surface area contributed by atoms with E-state index in [2.05, 4.69) is 31.3 Å². The van der Waals surface area contributed by atoms with Crippen molar-refractivity contribution in [2.75, 3.05) is 40.5 Å². The highest BCUT2D eigenvalue weighted by molar-refractivity contribution is 5.87. The predicted molar refractivity (Wildman–Crippen MR) is 147 cm³/mol. The van der Waals surface area contributed by atoms with Gasteiger partial charge in [0, 0.05) is 26.7 Å². The summed E-state index contributed by atoms with van der Waals surface area (Å²) in [7, 11) is 3.03. The van der Waals surface area contributed by atoms with Gasteiger partial charge in [0.15, 0.2) is 6.29 Å². The molecule has 0 aliphatic heterocycles. The fourth-order valence-corrected chi connectivity index (χ4v) is 4.69. The highest BCUT2D eigenvalue weighted by atomic mass is 16.7. The number of rotatable bonds is 14. The number of benzene rings is 2. The molecule has 0 bridgehead atoms. The van der Waals surface area contributed by atoms with Gasteiger partial charge in [-0.25, -0.2) is 4.79 Å². The number of amides is 2. The van der Waals surface area contributed by atoms with E-state index in [1.165, 1.54) is 14.2 Å². The van der Waals surface area contributed by atoms with Crippen molar-refractivity contribution in [2.45, 2.75) is 51.9 Å². The summed E-state index contributed by atoms with van der Waals surface area (Å²) in [5.74, 6) is -0.438. The lowest BCUT2D eigenvalue weighted by Crippen LogP contribution is -2.50. The Balaban J connectivity index is 1.45. The van der Waals surface area contributed by atoms with Crippen molar-refractivity contribution in [1.82, 2.24) is 10.2 Å². The van der Waals surface area contributed by atoms with Crippen LogP contribution in [0.25, 0.3) is 11.1 Å². The van der Waals surface area contributed by atoms with Gasteiger partial charge >= 0.3 is 6.16 Å². The predicted octanol–water partition coefficient (Wildman–Crippen LogP) is 4.34. The SMILES string of the molecule is CC[C@H](C)CN(CC(OC)OC)C(=O)[C@H](C)NC(=O)CCOC(=O)OCC1c2ccccc2-c2ccccc21. The molecule has 0 spiro atoms. The van der Waals surface area contributed by atoms with Crippen molar-refractivity contribution in [1.29, 1.82) is 0 Å². The van der Waals surface area contributed by atoms with Crippen LogP contribution in [0.15, 0.2) is 48.5 Å². The molecule has 0 unspecified atom stereocenters. The molecule has 0 heterocycles. The number of carbonyl (C=O) groups excluding carboxylic acids is 3. The maximum absolute atomic E-state index is 13.1. The summed E-state index contributed by atoms with van der Waals surface area (Å²) in [6.07, 6.45) is -0.584. The van der Waals surface area contributed by atoms with Gasteiger partial charge in [0.05, 0.1) is 13.0 Å². The third-order valence-corrected chi connectivity index (χ3v) is 7.06. The Bertz CT molecular complexity index is 1070. The van der Waals surface area contributed by atoms with Crippen molar-refractivity contribution in [3.05, 3.63) is 59.7 Å². The third-order valence-electron chi connectivity index (χ3n) is 7.06. The molecule has 0 aromatic heterocycles. The molecule has 212 valence electrons. The minimum absolute atomic E-state index is 0.0747. The number of hydrogen-bond acceptors (Lipinski definition) is 7. The van der Waals surface area contributed by atoms with E-state index < -0.39 is 24.4 Å². The number of hydrogen-bond donors (Lipinski definition) is 1. The first-order chi connectivity index (χ1) is 18.8. The summed E-state index contributed by atoms with van der Waals surface area (Å²) in [4.78, 5) is 39.4. The molecule has 2 amide bonds. The molecule has 2 aromatic carbocycles. The molecule has 0 radical (unpaired) electrons. The van der Waals surface area contributed by atoms with Crippen LogP contribution in [0, 0.1) is 5.92 Å². The molecule has 0 saturated heterocycles. The highest BCUT2D eigenvalue weighted by Crippen LogP contribution is 2.44. The average molecular weight is 541 g/mol. The van der Waals surface area contributed by atoms with Gasteiger partial charge in [-0.15, -0.1) is 0 Å². The lowest BCUT2D eigenvalue weighted by molar-refractivity contribution is -0.149. The van der Waals surface area contributed by atoms with E-state index in [1.807, 2.05) is 36.4 Å². The van der Waals surface area contributed by atoms with Crippen molar-refractivity contribution in [2.24, 2.45) is 5.92 Å². The summed E-state index contributed by atoms with van der Waals surface area (Å²) < 4.78 is 21.0. The van der Waals surface area contributed by atoms with E-state index in [4.69, 9.17) is 18.9 Å². The Morgan fingerprint density at radius 2 is 1.49 bits per heavy atom. The van der Waals surface area contributed by atoms with Gasteiger partial charge in [0.2, 0.25) is 11.8 Å². The Morgan fingerprint density at radius 1 is 0.897 bits per heavy atom. The van der Waals surface area contributed by atoms with E-state index in [0.717, 1.165) is 28.7 Å². The standard InChI is InChI=1S/C30H40N2O7/c1-6-20(2)17-32(18-28(36-4)37-5)29(34)21(3)31-27(33)15-16-38-30(35)39-19-26-24-13-9-7-11-22(24)23-12-8-10-14-25(23)26/h7-14,20-21,26,28H,6,15-19H2,1-5H3,(H,31,33)/t20-,21-/m0/s1. The Labute approximate surface area is 230 Å². The number of methoxy groups -OCH3 is 2. The van der Waals surface area contributed by atoms with Crippen molar-refractivity contribution < 1.29 is 33.3 Å². The summed E-state index contributed by atoms with van der Waals surface area (Å²) in [6.45, 7) is 6.49. The van der Waals surface area contributed by atoms with Gasteiger partial charge < -0.3 is 29.2 Å². The highest BCUT2D eigenvalue weighted by Gasteiger charge is 2.29. The van der Waals surface area contributed by atoms with Crippen LogP contribution in [0.1, 0.15) is 50.7 Å². The molecule has 2 atom stereocenters. The smallest absolute Gasteiger partial charge is 0.434 e. The number of fused-ring (bicyclic) bond motifs is 3. The van der Waals surface area contributed by atoms with Gasteiger partial charge in [-0.05, 0) is 35.1 Å². The van der Waals surface area contributed by atoms with Crippen LogP contribution >= 0.6 is 0 Å². The third kappa shape index (κ3) is 8.03. The number of nitrogens with one attached hydrogen (secondary N) is 1. The normalized spacial score (nSPS) is 13.8. The molecule has 9 nitrogen and oxygen atoms in total. The van der Waals surface area contributed by atoms with Gasteiger partial charge in [0.1, 0.15) is 19.3 Å². The number of carbonyl (C=O) groups is 3. The molecule has 0 saturated carbocycles. The molecule has 0 fully saturated rings. The summed E-state index contributed by atoms with van der Waals surface area (Å²) in [5.41, 5.74) is 4.49. The second-order valence-corrected chi connectivity index (χ2v) is 9.83. The van der Waals surface area contributed by atoms with E-state index in [9.17, 15) is 14.4 Å². The minimum Gasteiger partial charge on any atom is -0.434 e. The molecule has 39 heavy (non-hydrogen) atoms. The zero-order chi connectivity index (χ0) is 28.4. The Hall–Kier alpha value is -3.43. The van der Waals surface area contributed by atoms with Crippen LogP contribution in [0.4, 0.5) is 4.79 Å². The quantitative estimate of drug-likeness (QED) is 0.281. The monoisotopic (exact) mass is 540 g/mol. The second-order valence-electron chi connectivity index (χ2n) is 9.83. The Morgan fingerprint density at radius 3 is 2.05 bits per heavy atom. The van der Waals surface area contributed by atoms with E-state index in [-0.39, 0.29) is 43.9 Å². The summed E-state index contributed by atoms with van der Waals surface area (Å²) in [5, 5.41) is 2.69. The number of ether oxygens (including phenoxy) is 4. The average Bonchev–Trinajstić information content (AvgIpc) is 3.27. The van der Waals surface area contributed by atoms with Gasteiger partial charge in [-0.1, -0.05) is 68.8 Å². The summed E-state index contributed by atoms with van der Waals surface area (Å²) in [6, 6.07) is 15.4. The van der Waals surface area contributed by atoms with Crippen LogP contribution in [0.3, 0.4) is 0 Å². The van der Waals surface area contributed by atoms with Crippen LogP contribution in [-0.2, 0) is 28.5 Å². The molecule has 3 rings (SSSR count).